The summed E-state index contributed by atoms with van der Waals surface area (Å²) in [6.45, 7) is 2.09. The van der Waals surface area contributed by atoms with Gasteiger partial charge in [-0.1, -0.05) is 38.0 Å². The molecule has 2 atom stereocenters. The van der Waals surface area contributed by atoms with Crippen molar-refractivity contribution in [2.45, 2.75) is 44.7 Å². The van der Waals surface area contributed by atoms with Crippen molar-refractivity contribution >= 4 is 11.9 Å². The highest BCUT2D eigenvalue weighted by atomic mass is 16.2. The Morgan fingerprint density at radius 3 is 2.80 bits per heavy atom. The van der Waals surface area contributed by atoms with E-state index in [0.29, 0.717) is 12.2 Å². The molecular formula is C17H20N6O2. The fraction of sp³-hybridized carbons (Fsp3) is 0.471. The van der Waals surface area contributed by atoms with Gasteiger partial charge < -0.3 is 5.32 Å². The maximum Gasteiger partial charge on any atom is 0.325 e. The number of tetrazole rings is 1. The maximum absolute atomic E-state index is 13.0. The minimum atomic E-state index is -0.764. The lowest BCUT2D eigenvalue weighted by atomic mass is 9.73. The summed E-state index contributed by atoms with van der Waals surface area (Å²) in [6, 6.07) is 9.05. The fourth-order valence-electron chi connectivity index (χ4n) is 3.85. The van der Waals surface area contributed by atoms with Gasteiger partial charge in [0.05, 0.1) is 12.2 Å². The molecule has 4 rings (SSSR count). The summed E-state index contributed by atoms with van der Waals surface area (Å²) in [7, 11) is 0. The lowest BCUT2D eigenvalue weighted by molar-refractivity contribution is -0.134. The van der Waals surface area contributed by atoms with E-state index in [0.717, 1.165) is 24.9 Å². The van der Waals surface area contributed by atoms with Crippen molar-refractivity contribution in [1.82, 2.24) is 30.4 Å². The smallest absolute Gasteiger partial charge is 0.323 e. The summed E-state index contributed by atoms with van der Waals surface area (Å²) in [6.07, 6.45) is 3.69. The van der Waals surface area contributed by atoms with Crippen molar-refractivity contribution in [1.29, 1.82) is 0 Å². The van der Waals surface area contributed by atoms with Gasteiger partial charge in [-0.3, -0.25) is 9.69 Å². The summed E-state index contributed by atoms with van der Waals surface area (Å²) >= 11 is 0. The second-order valence-electron chi connectivity index (χ2n) is 6.78. The fourth-order valence-corrected chi connectivity index (χ4v) is 3.85. The highest BCUT2D eigenvalue weighted by Crippen LogP contribution is 2.38. The Balaban J connectivity index is 1.61. The number of nitrogens with one attached hydrogen (secondary N) is 1. The molecule has 1 spiro atoms. The van der Waals surface area contributed by atoms with Gasteiger partial charge in [0.1, 0.15) is 5.54 Å². The molecule has 1 aliphatic carbocycles. The van der Waals surface area contributed by atoms with E-state index in [4.69, 9.17) is 0 Å². The lowest BCUT2D eigenvalue weighted by Gasteiger charge is -2.36. The van der Waals surface area contributed by atoms with Crippen LogP contribution in [0.5, 0.6) is 0 Å². The Bertz CT molecular complexity index is 804. The van der Waals surface area contributed by atoms with Gasteiger partial charge >= 0.3 is 6.03 Å². The Labute approximate surface area is 145 Å². The molecule has 2 aliphatic rings. The number of nitrogens with zero attached hydrogens (tertiary/aromatic N) is 5. The van der Waals surface area contributed by atoms with Crippen LogP contribution in [0.4, 0.5) is 4.79 Å². The number of carbonyl (C=O) groups excluding carboxylic acids is 2. The minimum Gasteiger partial charge on any atom is -0.323 e. The van der Waals surface area contributed by atoms with Crippen molar-refractivity contribution in [3.63, 3.8) is 0 Å². The summed E-state index contributed by atoms with van der Waals surface area (Å²) in [5, 5.41) is 14.6. The number of urea groups is 1. The number of imide groups is 1. The molecule has 1 aromatic heterocycles. The molecule has 3 amide bonds. The summed E-state index contributed by atoms with van der Waals surface area (Å²) in [5.74, 6) is 0.426. The van der Waals surface area contributed by atoms with Crippen molar-refractivity contribution in [2.75, 3.05) is 0 Å². The van der Waals surface area contributed by atoms with Gasteiger partial charge in [0.15, 0.2) is 5.82 Å². The van der Waals surface area contributed by atoms with E-state index in [-0.39, 0.29) is 24.4 Å². The number of benzene rings is 1. The van der Waals surface area contributed by atoms with Crippen LogP contribution >= 0.6 is 0 Å². The van der Waals surface area contributed by atoms with Gasteiger partial charge in [0.2, 0.25) is 0 Å². The predicted octanol–water partition coefficient (Wildman–Crippen LogP) is 1.66. The number of aromatic nitrogens is 4. The zero-order valence-electron chi connectivity index (χ0n) is 14.1. The van der Waals surface area contributed by atoms with Crippen LogP contribution in [0.25, 0.3) is 5.69 Å². The molecule has 1 saturated heterocycles. The molecular weight excluding hydrogens is 320 g/mol. The molecule has 1 N–H and O–H groups in total. The van der Waals surface area contributed by atoms with Crippen LogP contribution in [-0.4, -0.2) is 42.6 Å². The summed E-state index contributed by atoms with van der Waals surface area (Å²) < 4.78 is 1.55. The van der Waals surface area contributed by atoms with Gasteiger partial charge in [-0.05, 0) is 41.3 Å². The molecule has 130 valence electrons. The second kappa shape index (κ2) is 5.94. The molecule has 1 aromatic carbocycles. The molecule has 0 bridgehead atoms. The maximum atomic E-state index is 13.0. The van der Waals surface area contributed by atoms with Gasteiger partial charge in [0.25, 0.3) is 5.91 Å². The van der Waals surface area contributed by atoms with Gasteiger partial charge in [0, 0.05) is 0 Å². The van der Waals surface area contributed by atoms with Crippen molar-refractivity contribution < 1.29 is 9.59 Å². The Kier molecular flexibility index (Phi) is 3.74. The van der Waals surface area contributed by atoms with E-state index in [9.17, 15) is 9.59 Å². The average Bonchev–Trinajstić information content (AvgIpc) is 3.18. The molecule has 8 heteroatoms. The van der Waals surface area contributed by atoms with E-state index in [1.165, 1.54) is 4.90 Å². The normalized spacial score (nSPS) is 26.3. The highest BCUT2D eigenvalue weighted by molar-refractivity contribution is 6.07. The molecule has 2 aromatic rings. The van der Waals surface area contributed by atoms with Crippen LogP contribution < -0.4 is 5.32 Å². The lowest BCUT2D eigenvalue weighted by Crippen LogP contribution is -2.53. The van der Waals surface area contributed by atoms with E-state index in [2.05, 4.69) is 20.8 Å². The molecule has 2 fully saturated rings. The molecule has 2 heterocycles. The number of rotatable bonds is 3. The van der Waals surface area contributed by atoms with Crippen molar-refractivity contribution in [3.8, 4) is 5.69 Å². The second-order valence-corrected chi connectivity index (χ2v) is 6.78. The first-order valence-corrected chi connectivity index (χ1v) is 8.58. The third-order valence-electron chi connectivity index (χ3n) is 5.34. The van der Waals surface area contributed by atoms with Crippen molar-refractivity contribution in [2.24, 2.45) is 5.92 Å². The van der Waals surface area contributed by atoms with Crippen LogP contribution in [0.1, 0.15) is 38.4 Å². The monoisotopic (exact) mass is 340 g/mol. The molecule has 0 unspecified atom stereocenters. The largest absolute Gasteiger partial charge is 0.325 e. The first-order chi connectivity index (χ1) is 12.1. The first kappa shape index (κ1) is 15.7. The predicted molar refractivity (Wildman–Crippen MR) is 88.6 cm³/mol. The Hall–Kier alpha value is -2.77. The van der Waals surface area contributed by atoms with Gasteiger partial charge in [-0.25, -0.2) is 4.79 Å². The number of carbonyl (C=O) groups is 2. The average molecular weight is 340 g/mol. The van der Waals surface area contributed by atoms with E-state index in [1.807, 2.05) is 37.3 Å². The molecule has 1 aliphatic heterocycles. The minimum absolute atomic E-state index is 0.0566. The van der Waals surface area contributed by atoms with E-state index >= 15 is 0 Å². The zero-order valence-corrected chi connectivity index (χ0v) is 14.1. The first-order valence-electron chi connectivity index (χ1n) is 8.58. The van der Waals surface area contributed by atoms with Crippen LogP contribution in [0, 0.1) is 5.92 Å². The van der Waals surface area contributed by atoms with Crippen LogP contribution in [0.3, 0.4) is 0 Å². The summed E-state index contributed by atoms with van der Waals surface area (Å²) in [4.78, 5) is 26.8. The van der Waals surface area contributed by atoms with E-state index < -0.39 is 5.54 Å². The van der Waals surface area contributed by atoms with Crippen LogP contribution in [0.15, 0.2) is 30.3 Å². The van der Waals surface area contributed by atoms with Crippen molar-refractivity contribution in [3.05, 3.63) is 36.2 Å². The quantitative estimate of drug-likeness (QED) is 0.858. The molecule has 8 nitrogen and oxygen atoms in total. The standard InChI is InChI=1S/C17H20N6O2/c1-12-7-5-6-10-17(12)15(24)22(16(25)18-17)11-14-19-20-21-23(14)13-8-3-2-4-9-13/h2-4,8-9,12H,5-7,10-11H2,1H3,(H,18,25)/t12-,17+/m0/s1. The Morgan fingerprint density at radius 1 is 1.24 bits per heavy atom. The number of hydrogen-bond acceptors (Lipinski definition) is 5. The third-order valence-corrected chi connectivity index (χ3v) is 5.34. The summed E-state index contributed by atoms with van der Waals surface area (Å²) in [5.41, 5.74) is 0.0238. The zero-order chi connectivity index (χ0) is 17.4. The SMILES string of the molecule is C[C@H]1CCCC[C@@]12NC(=O)N(Cc1nnnn1-c1ccccc1)C2=O. The van der Waals surface area contributed by atoms with Crippen LogP contribution in [0.2, 0.25) is 0 Å². The number of para-hydroxylation sites is 1. The van der Waals surface area contributed by atoms with Gasteiger partial charge in [-0.15, -0.1) is 5.10 Å². The van der Waals surface area contributed by atoms with Gasteiger partial charge in [-0.2, -0.15) is 4.68 Å². The number of amides is 3. The van der Waals surface area contributed by atoms with Crippen LogP contribution in [-0.2, 0) is 11.3 Å². The topological polar surface area (TPSA) is 93.0 Å². The third kappa shape index (κ3) is 2.48. The Morgan fingerprint density at radius 2 is 2.04 bits per heavy atom. The highest BCUT2D eigenvalue weighted by Gasteiger charge is 2.55. The molecule has 1 saturated carbocycles. The molecule has 25 heavy (non-hydrogen) atoms. The molecule has 0 radical (unpaired) electrons. The number of hydrogen-bond donors (Lipinski definition) is 1. The van der Waals surface area contributed by atoms with E-state index in [1.54, 1.807) is 4.68 Å².